The van der Waals surface area contributed by atoms with Crippen LogP contribution in [0.4, 0.5) is 25.7 Å². The Labute approximate surface area is 104 Å². The molecule has 0 spiro atoms. The van der Waals surface area contributed by atoms with Crippen LogP contribution in [0.2, 0.25) is 0 Å². The van der Waals surface area contributed by atoms with E-state index in [1.165, 1.54) is 12.1 Å². The first-order valence-electron chi connectivity index (χ1n) is 4.01. The lowest BCUT2D eigenvalue weighted by atomic mass is 10.3. The van der Waals surface area contributed by atoms with E-state index in [2.05, 4.69) is 0 Å². The van der Waals surface area contributed by atoms with Crippen LogP contribution in [-0.4, -0.2) is 37.7 Å². The Morgan fingerprint density at radius 3 is 1.58 bits per heavy atom. The molecule has 11 heteroatoms. The van der Waals surface area contributed by atoms with E-state index in [0.717, 1.165) is 0 Å². The van der Waals surface area contributed by atoms with E-state index in [1.807, 2.05) is 0 Å². The molecule has 0 unspecified atom stereocenters. The van der Waals surface area contributed by atoms with Crippen molar-refractivity contribution in [2.24, 2.45) is 0 Å². The second-order valence-electron chi connectivity index (χ2n) is 2.38. The maximum atomic E-state index is 10.1. The van der Waals surface area contributed by atoms with Gasteiger partial charge >= 0.3 is 12.3 Å². The fourth-order valence-electron chi connectivity index (χ4n) is 0.654. The van der Waals surface area contributed by atoms with Crippen molar-refractivity contribution in [3.8, 4) is 0 Å². The third-order valence-corrected chi connectivity index (χ3v) is 1.13. The lowest BCUT2D eigenvalue weighted by Crippen LogP contribution is -1.93. The predicted molar refractivity (Wildman–Crippen MR) is 61.3 cm³/mol. The largest absolute Gasteiger partial charge is 0.503 e. The molecule has 0 fully saturated rings. The van der Waals surface area contributed by atoms with Gasteiger partial charge in [0.05, 0.1) is 4.92 Å². The average Bonchev–Trinajstić information content (AvgIpc) is 2.15. The van der Waals surface area contributed by atoms with Crippen LogP contribution in [0.15, 0.2) is 24.3 Å². The SMILES string of the molecule is F.Nc1ccccc1[N+](=O)[O-].O=C(O)O.O=C(O)O. The Morgan fingerprint density at radius 1 is 1.05 bits per heavy atom. The third kappa shape index (κ3) is 17.5. The van der Waals surface area contributed by atoms with Gasteiger partial charge in [0.25, 0.3) is 5.69 Å². The van der Waals surface area contributed by atoms with Crippen molar-refractivity contribution >= 4 is 23.7 Å². The molecule has 1 rings (SSSR count). The molecule has 0 heterocycles. The molecule has 0 aromatic heterocycles. The molecule has 0 aliphatic carbocycles. The van der Waals surface area contributed by atoms with E-state index in [1.54, 1.807) is 12.1 Å². The molecule has 108 valence electrons. The molecular weight excluding hydrogens is 271 g/mol. The average molecular weight is 282 g/mol. The summed E-state index contributed by atoms with van der Waals surface area (Å²) in [5, 5.41) is 38.0. The summed E-state index contributed by atoms with van der Waals surface area (Å²) in [6, 6.07) is 6.10. The number of carboxylic acid groups (broad SMARTS) is 4. The molecule has 0 saturated carbocycles. The van der Waals surface area contributed by atoms with Gasteiger partial charge in [-0.1, -0.05) is 12.1 Å². The molecule has 1 aromatic rings. The number of rotatable bonds is 1. The summed E-state index contributed by atoms with van der Waals surface area (Å²) in [6.07, 6.45) is -3.67. The molecule has 0 atom stereocenters. The molecule has 10 nitrogen and oxygen atoms in total. The van der Waals surface area contributed by atoms with Crippen molar-refractivity contribution in [3.05, 3.63) is 34.4 Å². The van der Waals surface area contributed by atoms with Crippen molar-refractivity contribution in [1.29, 1.82) is 0 Å². The highest BCUT2D eigenvalue weighted by molar-refractivity contribution is 5.57. The van der Waals surface area contributed by atoms with Crippen molar-refractivity contribution in [1.82, 2.24) is 0 Å². The van der Waals surface area contributed by atoms with Gasteiger partial charge in [-0.25, -0.2) is 9.59 Å². The van der Waals surface area contributed by atoms with Gasteiger partial charge in [0, 0.05) is 6.07 Å². The van der Waals surface area contributed by atoms with Crippen molar-refractivity contribution in [3.63, 3.8) is 0 Å². The number of nitro groups is 1. The first kappa shape index (κ1) is 21.2. The van der Waals surface area contributed by atoms with Crippen LogP contribution in [0.3, 0.4) is 0 Å². The van der Waals surface area contributed by atoms with Gasteiger partial charge in [0.1, 0.15) is 5.69 Å². The number of para-hydroxylation sites is 2. The number of anilines is 1. The van der Waals surface area contributed by atoms with Crippen molar-refractivity contribution in [2.45, 2.75) is 0 Å². The van der Waals surface area contributed by atoms with E-state index >= 15 is 0 Å². The number of carbonyl (C=O) groups is 2. The topological polar surface area (TPSA) is 184 Å². The van der Waals surface area contributed by atoms with Gasteiger partial charge in [0.2, 0.25) is 0 Å². The number of nitro benzene ring substituents is 1. The van der Waals surface area contributed by atoms with E-state index in [-0.39, 0.29) is 16.1 Å². The van der Waals surface area contributed by atoms with Crippen LogP contribution in [-0.2, 0) is 0 Å². The van der Waals surface area contributed by atoms with Crippen LogP contribution < -0.4 is 5.73 Å². The number of hydrogen-bond donors (Lipinski definition) is 5. The minimum absolute atomic E-state index is 0. The minimum Gasteiger partial charge on any atom is -0.450 e. The van der Waals surface area contributed by atoms with Gasteiger partial charge in [-0.2, -0.15) is 0 Å². The number of nitrogens with zero attached hydrogens (tertiary/aromatic N) is 1. The molecule has 0 saturated heterocycles. The molecular formula is C8H11FN2O8. The molecule has 0 amide bonds. The molecule has 0 radical (unpaired) electrons. The summed E-state index contributed by atoms with van der Waals surface area (Å²) in [5.74, 6) is 0. The number of benzene rings is 1. The minimum atomic E-state index is -1.83. The van der Waals surface area contributed by atoms with Crippen LogP contribution in [0.1, 0.15) is 0 Å². The molecule has 19 heavy (non-hydrogen) atoms. The number of hydrogen-bond acceptors (Lipinski definition) is 5. The lowest BCUT2D eigenvalue weighted by molar-refractivity contribution is -0.383. The summed E-state index contributed by atoms with van der Waals surface area (Å²) < 4.78 is 0. The Hall–Kier alpha value is -3.11. The zero-order valence-electron chi connectivity index (χ0n) is 9.16. The van der Waals surface area contributed by atoms with E-state index < -0.39 is 17.2 Å². The van der Waals surface area contributed by atoms with Crippen molar-refractivity contribution < 1.29 is 39.6 Å². The Morgan fingerprint density at radius 2 is 1.37 bits per heavy atom. The highest BCUT2D eigenvalue weighted by Crippen LogP contribution is 2.18. The first-order chi connectivity index (χ1) is 8.18. The van der Waals surface area contributed by atoms with Crippen LogP contribution in [0.5, 0.6) is 0 Å². The number of nitrogen functional groups attached to an aromatic ring is 1. The summed E-state index contributed by atoms with van der Waals surface area (Å²) in [6.45, 7) is 0. The lowest BCUT2D eigenvalue weighted by Gasteiger charge is -1.92. The summed E-state index contributed by atoms with van der Waals surface area (Å²) >= 11 is 0. The van der Waals surface area contributed by atoms with E-state index in [4.69, 9.17) is 35.7 Å². The quantitative estimate of drug-likeness (QED) is 0.290. The zero-order valence-corrected chi connectivity index (χ0v) is 9.16. The molecule has 0 aliphatic rings. The summed E-state index contributed by atoms with van der Waals surface area (Å²) in [4.78, 5) is 26.8. The summed E-state index contributed by atoms with van der Waals surface area (Å²) in [5.41, 5.74) is 5.44. The highest BCUT2D eigenvalue weighted by Gasteiger charge is 2.07. The molecule has 6 N–H and O–H groups in total. The zero-order chi connectivity index (χ0) is 14.7. The fraction of sp³-hybridized carbons (Fsp3) is 0. The van der Waals surface area contributed by atoms with Crippen LogP contribution in [0.25, 0.3) is 0 Å². The standard InChI is InChI=1S/C6H6N2O2.2CH2O3.FH/c7-5-3-1-2-4-6(5)8(9)10;2*2-1(3)4;/h1-4H,7H2;2*(H2,2,3,4);1H. The summed E-state index contributed by atoms with van der Waals surface area (Å²) in [7, 11) is 0. The highest BCUT2D eigenvalue weighted by atomic mass is 19.0. The van der Waals surface area contributed by atoms with E-state index in [9.17, 15) is 10.1 Å². The van der Waals surface area contributed by atoms with Crippen LogP contribution in [0, 0.1) is 10.1 Å². The van der Waals surface area contributed by atoms with Gasteiger partial charge in [-0.15, -0.1) is 0 Å². The normalized spacial score (nSPS) is 7.37. The third-order valence-electron chi connectivity index (χ3n) is 1.13. The second kappa shape index (κ2) is 11.4. The van der Waals surface area contributed by atoms with Gasteiger partial charge in [0.15, 0.2) is 0 Å². The Balaban J connectivity index is -0.000000242. The maximum absolute atomic E-state index is 10.1. The van der Waals surface area contributed by atoms with Crippen LogP contribution >= 0.6 is 0 Å². The smallest absolute Gasteiger partial charge is 0.450 e. The second-order valence-corrected chi connectivity index (χ2v) is 2.38. The Bertz CT molecular complexity index is 405. The molecule has 1 aromatic carbocycles. The van der Waals surface area contributed by atoms with Crippen molar-refractivity contribution in [2.75, 3.05) is 5.73 Å². The van der Waals surface area contributed by atoms with E-state index in [0.29, 0.717) is 0 Å². The maximum Gasteiger partial charge on any atom is 0.503 e. The monoisotopic (exact) mass is 282 g/mol. The predicted octanol–water partition coefficient (Wildman–Crippen LogP) is 1.77. The Kier molecular flexibility index (Phi) is 12.7. The molecule has 0 aliphatic heterocycles. The fourth-order valence-corrected chi connectivity index (χ4v) is 0.654. The number of nitrogens with two attached hydrogens (primary N) is 1. The molecule has 0 bridgehead atoms. The van der Waals surface area contributed by atoms with Gasteiger partial charge < -0.3 is 26.2 Å². The first-order valence-corrected chi connectivity index (χ1v) is 4.01. The van der Waals surface area contributed by atoms with Gasteiger partial charge in [-0.3, -0.25) is 14.8 Å². The van der Waals surface area contributed by atoms with Gasteiger partial charge in [-0.05, 0) is 6.07 Å². The number of halogens is 1.